The third kappa shape index (κ3) is 2.69. The first-order chi connectivity index (χ1) is 9.21. The Kier molecular flexibility index (Phi) is 4.33. The molecule has 1 aliphatic heterocycles. The summed E-state index contributed by atoms with van der Waals surface area (Å²) in [6.45, 7) is 8.33. The van der Waals surface area contributed by atoms with Crippen LogP contribution in [0.15, 0.2) is 0 Å². The van der Waals surface area contributed by atoms with Gasteiger partial charge in [-0.05, 0) is 25.3 Å². The molecule has 19 heavy (non-hydrogen) atoms. The van der Waals surface area contributed by atoms with Crippen molar-refractivity contribution in [3.05, 3.63) is 16.8 Å². The average molecular weight is 260 g/mol. The Balaban J connectivity index is 2.43. The number of hydrogen-bond acceptors (Lipinski definition) is 5. The van der Waals surface area contributed by atoms with Crippen molar-refractivity contribution in [2.45, 2.75) is 39.7 Å². The fourth-order valence-electron chi connectivity index (χ4n) is 2.51. The predicted octanol–water partition coefficient (Wildman–Crippen LogP) is 1.70. The highest BCUT2D eigenvalue weighted by Gasteiger charge is 2.23. The van der Waals surface area contributed by atoms with E-state index in [0.717, 1.165) is 37.2 Å². The minimum absolute atomic E-state index is 0.165. The van der Waals surface area contributed by atoms with E-state index in [1.807, 2.05) is 13.8 Å². The molecule has 0 aliphatic carbocycles. The maximum atomic E-state index is 9.47. The van der Waals surface area contributed by atoms with Gasteiger partial charge in [0.2, 0.25) is 0 Å². The Labute approximate surface area is 114 Å². The zero-order chi connectivity index (χ0) is 13.8. The van der Waals surface area contributed by atoms with E-state index in [1.54, 1.807) is 0 Å². The Bertz CT molecular complexity index is 495. The van der Waals surface area contributed by atoms with Gasteiger partial charge in [-0.2, -0.15) is 10.4 Å². The van der Waals surface area contributed by atoms with Crippen molar-refractivity contribution < 1.29 is 4.74 Å². The largest absolute Gasteiger partial charge is 0.375 e. The molecule has 102 valence electrons. The molecule has 0 radical (unpaired) electrons. The van der Waals surface area contributed by atoms with Crippen molar-refractivity contribution in [3.8, 4) is 6.07 Å². The summed E-state index contributed by atoms with van der Waals surface area (Å²) in [6, 6.07) is 2.32. The molecule has 1 saturated heterocycles. The van der Waals surface area contributed by atoms with Gasteiger partial charge in [0.05, 0.1) is 18.4 Å². The summed E-state index contributed by atoms with van der Waals surface area (Å²) >= 11 is 0. The van der Waals surface area contributed by atoms with Crippen molar-refractivity contribution >= 4 is 5.82 Å². The molecular weight excluding hydrogens is 240 g/mol. The monoisotopic (exact) mass is 260 g/mol. The number of nitriles is 1. The van der Waals surface area contributed by atoms with Gasteiger partial charge < -0.3 is 9.64 Å². The number of anilines is 1. The SMILES string of the molecule is CCc1nnc(N2CCOC(C)C2)c(C#N)c1CC. The lowest BCUT2D eigenvalue weighted by Crippen LogP contribution is -2.42. The van der Waals surface area contributed by atoms with Crippen LogP contribution in [0.4, 0.5) is 5.82 Å². The normalized spacial score (nSPS) is 19.3. The maximum Gasteiger partial charge on any atom is 0.169 e. The molecular formula is C14H20N4O. The quantitative estimate of drug-likeness (QED) is 0.827. The summed E-state index contributed by atoms with van der Waals surface area (Å²) in [5.74, 6) is 0.715. The Morgan fingerprint density at radius 3 is 2.74 bits per heavy atom. The number of aryl methyl sites for hydroxylation is 1. The Hall–Kier alpha value is -1.67. The molecule has 2 heterocycles. The molecule has 1 aromatic rings. The van der Waals surface area contributed by atoms with E-state index in [2.05, 4.69) is 28.1 Å². The van der Waals surface area contributed by atoms with Gasteiger partial charge in [0.1, 0.15) is 11.6 Å². The zero-order valence-corrected chi connectivity index (χ0v) is 11.8. The first kappa shape index (κ1) is 13.8. The fraction of sp³-hybridized carbons (Fsp3) is 0.643. The van der Waals surface area contributed by atoms with E-state index in [0.29, 0.717) is 18.0 Å². The highest BCUT2D eigenvalue weighted by atomic mass is 16.5. The van der Waals surface area contributed by atoms with Gasteiger partial charge in [-0.15, -0.1) is 5.10 Å². The van der Waals surface area contributed by atoms with Crippen LogP contribution in [0.1, 0.15) is 37.6 Å². The van der Waals surface area contributed by atoms with Gasteiger partial charge in [0.15, 0.2) is 5.82 Å². The first-order valence-electron chi connectivity index (χ1n) is 6.86. The van der Waals surface area contributed by atoms with Crippen LogP contribution in [-0.4, -0.2) is 36.0 Å². The molecule has 0 amide bonds. The summed E-state index contributed by atoms with van der Waals surface area (Å²) in [5.41, 5.74) is 2.65. The molecule has 1 fully saturated rings. The minimum atomic E-state index is 0.165. The van der Waals surface area contributed by atoms with Crippen molar-refractivity contribution in [2.24, 2.45) is 0 Å². The smallest absolute Gasteiger partial charge is 0.169 e. The van der Waals surface area contributed by atoms with Crippen molar-refractivity contribution in [1.82, 2.24) is 10.2 Å². The number of nitrogens with zero attached hydrogens (tertiary/aromatic N) is 4. The highest BCUT2D eigenvalue weighted by molar-refractivity contribution is 5.58. The fourth-order valence-corrected chi connectivity index (χ4v) is 2.51. The Morgan fingerprint density at radius 2 is 2.16 bits per heavy atom. The number of morpholine rings is 1. The lowest BCUT2D eigenvalue weighted by molar-refractivity contribution is 0.0528. The van der Waals surface area contributed by atoms with Crippen LogP contribution < -0.4 is 4.90 Å². The molecule has 0 aromatic carbocycles. The van der Waals surface area contributed by atoms with Crippen LogP contribution >= 0.6 is 0 Å². The van der Waals surface area contributed by atoms with Gasteiger partial charge in [-0.3, -0.25) is 0 Å². The zero-order valence-electron chi connectivity index (χ0n) is 11.8. The third-order valence-corrected chi connectivity index (χ3v) is 3.48. The highest BCUT2D eigenvalue weighted by Crippen LogP contribution is 2.24. The molecule has 5 nitrogen and oxygen atoms in total. The second kappa shape index (κ2) is 5.98. The number of aromatic nitrogens is 2. The molecule has 1 atom stereocenters. The van der Waals surface area contributed by atoms with E-state index in [-0.39, 0.29) is 6.10 Å². The summed E-state index contributed by atoms with van der Waals surface area (Å²) < 4.78 is 5.53. The number of hydrogen-bond donors (Lipinski definition) is 0. The molecule has 0 saturated carbocycles. The van der Waals surface area contributed by atoms with Gasteiger partial charge in [-0.1, -0.05) is 13.8 Å². The molecule has 1 unspecified atom stereocenters. The summed E-state index contributed by atoms with van der Waals surface area (Å²) in [5, 5.41) is 18.0. The Morgan fingerprint density at radius 1 is 1.37 bits per heavy atom. The van der Waals surface area contributed by atoms with Crippen LogP contribution in [0.2, 0.25) is 0 Å². The molecule has 0 N–H and O–H groups in total. The lowest BCUT2D eigenvalue weighted by atomic mass is 10.0. The molecule has 0 spiro atoms. The standard InChI is InChI=1S/C14H20N4O/c1-4-11-12(8-15)14(17-16-13(11)5-2)18-6-7-19-10(3)9-18/h10H,4-7,9H2,1-3H3. The molecule has 0 bridgehead atoms. The van der Waals surface area contributed by atoms with Crippen LogP contribution in [0.5, 0.6) is 0 Å². The predicted molar refractivity (Wildman–Crippen MR) is 73.1 cm³/mol. The van der Waals surface area contributed by atoms with Gasteiger partial charge in [-0.25, -0.2) is 0 Å². The van der Waals surface area contributed by atoms with Gasteiger partial charge in [0.25, 0.3) is 0 Å². The van der Waals surface area contributed by atoms with Gasteiger partial charge >= 0.3 is 0 Å². The summed E-state index contributed by atoms with van der Waals surface area (Å²) in [7, 11) is 0. The summed E-state index contributed by atoms with van der Waals surface area (Å²) in [4.78, 5) is 2.11. The van der Waals surface area contributed by atoms with Crippen LogP contribution in [0, 0.1) is 11.3 Å². The van der Waals surface area contributed by atoms with Crippen LogP contribution in [0.25, 0.3) is 0 Å². The lowest BCUT2D eigenvalue weighted by Gasteiger charge is -2.32. The van der Waals surface area contributed by atoms with E-state index in [4.69, 9.17) is 4.74 Å². The van der Waals surface area contributed by atoms with E-state index in [9.17, 15) is 5.26 Å². The summed E-state index contributed by atoms with van der Waals surface area (Å²) in [6.07, 6.45) is 1.79. The average Bonchev–Trinajstić information content (AvgIpc) is 2.45. The molecule has 5 heteroatoms. The maximum absolute atomic E-state index is 9.47. The topological polar surface area (TPSA) is 62.0 Å². The third-order valence-electron chi connectivity index (χ3n) is 3.48. The number of rotatable bonds is 3. The second-order valence-electron chi connectivity index (χ2n) is 4.77. The minimum Gasteiger partial charge on any atom is -0.375 e. The molecule has 1 aromatic heterocycles. The van der Waals surface area contributed by atoms with Crippen LogP contribution in [-0.2, 0) is 17.6 Å². The molecule has 2 rings (SSSR count). The van der Waals surface area contributed by atoms with Crippen molar-refractivity contribution in [2.75, 3.05) is 24.6 Å². The molecule has 1 aliphatic rings. The van der Waals surface area contributed by atoms with Crippen molar-refractivity contribution in [1.29, 1.82) is 5.26 Å². The van der Waals surface area contributed by atoms with E-state index >= 15 is 0 Å². The van der Waals surface area contributed by atoms with Crippen LogP contribution in [0.3, 0.4) is 0 Å². The van der Waals surface area contributed by atoms with E-state index in [1.165, 1.54) is 0 Å². The first-order valence-corrected chi connectivity index (χ1v) is 6.86. The second-order valence-corrected chi connectivity index (χ2v) is 4.77. The number of ether oxygens (including phenoxy) is 1. The van der Waals surface area contributed by atoms with E-state index < -0.39 is 0 Å². The van der Waals surface area contributed by atoms with Crippen molar-refractivity contribution in [3.63, 3.8) is 0 Å². The van der Waals surface area contributed by atoms with Gasteiger partial charge in [0, 0.05) is 13.1 Å².